The highest BCUT2D eigenvalue weighted by molar-refractivity contribution is 7.91. The monoisotopic (exact) mass is 303 g/mol. The van der Waals surface area contributed by atoms with Crippen molar-refractivity contribution in [3.63, 3.8) is 0 Å². The zero-order chi connectivity index (χ0) is 13.2. The van der Waals surface area contributed by atoms with Crippen molar-refractivity contribution in [2.45, 2.75) is 23.7 Å². The van der Waals surface area contributed by atoms with Crippen molar-refractivity contribution in [1.29, 1.82) is 0 Å². The van der Waals surface area contributed by atoms with Gasteiger partial charge in [0.2, 0.25) is 0 Å². The first-order valence-electron chi connectivity index (χ1n) is 5.22. The van der Waals surface area contributed by atoms with Crippen molar-refractivity contribution in [1.82, 2.24) is 9.71 Å². The Morgan fingerprint density at radius 1 is 1.50 bits per heavy atom. The summed E-state index contributed by atoms with van der Waals surface area (Å²) >= 11 is 2.59. The second-order valence-electron chi connectivity index (χ2n) is 3.69. The lowest BCUT2D eigenvalue weighted by molar-refractivity contribution is 0.568. The Morgan fingerprint density at radius 2 is 2.28 bits per heavy atom. The van der Waals surface area contributed by atoms with Crippen LogP contribution in [0.1, 0.15) is 23.5 Å². The molecule has 1 atom stereocenters. The van der Waals surface area contributed by atoms with Gasteiger partial charge in [0.25, 0.3) is 10.0 Å². The van der Waals surface area contributed by atoms with E-state index in [1.807, 2.05) is 5.38 Å². The summed E-state index contributed by atoms with van der Waals surface area (Å²) in [6.45, 7) is 2.11. The molecule has 2 aromatic rings. The molecule has 98 valence electrons. The van der Waals surface area contributed by atoms with Crippen LogP contribution < -0.4 is 10.5 Å². The largest absolute Gasteiger partial charge is 0.326 e. The number of thiazole rings is 1. The molecule has 0 spiro atoms. The molecule has 0 aliphatic carbocycles. The molecule has 0 aliphatic heterocycles. The van der Waals surface area contributed by atoms with Crippen LogP contribution in [0.5, 0.6) is 0 Å². The maximum Gasteiger partial charge on any atom is 0.250 e. The number of thiophene rings is 1. The molecular weight excluding hydrogens is 290 g/mol. The summed E-state index contributed by atoms with van der Waals surface area (Å²) in [4.78, 5) is 4.09. The minimum absolute atomic E-state index is 0.284. The summed E-state index contributed by atoms with van der Waals surface area (Å²) in [5, 5.41) is 4.31. The third-order valence-electron chi connectivity index (χ3n) is 2.28. The van der Waals surface area contributed by atoms with Crippen molar-refractivity contribution in [2.75, 3.05) is 0 Å². The summed E-state index contributed by atoms with van der Waals surface area (Å²) in [6.07, 6.45) is 1.66. The van der Waals surface area contributed by atoms with Crippen LogP contribution in [-0.2, 0) is 16.6 Å². The maximum atomic E-state index is 12.1. The van der Waals surface area contributed by atoms with E-state index in [1.54, 1.807) is 24.6 Å². The fraction of sp³-hybridized carbons (Fsp3) is 0.300. The van der Waals surface area contributed by atoms with E-state index in [-0.39, 0.29) is 10.3 Å². The normalized spacial score (nSPS) is 13.7. The number of nitrogens with zero attached hydrogens (tertiary/aromatic N) is 1. The van der Waals surface area contributed by atoms with Gasteiger partial charge in [-0.2, -0.15) is 0 Å². The predicted octanol–water partition coefficient (Wildman–Crippen LogP) is 1.70. The molecule has 2 aromatic heterocycles. The molecule has 0 aromatic carbocycles. The van der Waals surface area contributed by atoms with Crippen LogP contribution in [0.15, 0.2) is 27.2 Å². The van der Waals surface area contributed by atoms with Crippen LogP contribution in [0.4, 0.5) is 0 Å². The topological polar surface area (TPSA) is 85.1 Å². The Bertz CT molecular complexity index is 604. The lowest BCUT2D eigenvalue weighted by Crippen LogP contribution is -2.26. The number of hydrogen-bond donors (Lipinski definition) is 2. The highest BCUT2D eigenvalue weighted by atomic mass is 32.2. The van der Waals surface area contributed by atoms with E-state index in [4.69, 9.17) is 5.73 Å². The Kier molecular flexibility index (Phi) is 4.13. The molecule has 2 heterocycles. The van der Waals surface area contributed by atoms with Gasteiger partial charge < -0.3 is 5.73 Å². The van der Waals surface area contributed by atoms with E-state index < -0.39 is 10.0 Å². The Labute approximate surface area is 114 Å². The highest BCUT2D eigenvalue weighted by Crippen LogP contribution is 2.23. The number of nitrogens with two attached hydrogens (primary N) is 1. The first kappa shape index (κ1) is 13.6. The summed E-state index contributed by atoms with van der Waals surface area (Å²) in [6, 6.07) is 1.26. The summed E-state index contributed by atoms with van der Waals surface area (Å²) in [7, 11) is -3.50. The Morgan fingerprint density at radius 3 is 2.83 bits per heavy atom. The fourth-order valence-corrected chi connectivity index (χ4v) is 4.56. The second kappa shape index (κ2) is 5.45. The van der Waals surface area contributed by atoms with E-state index in [0.29, 0.717) is 6.54 Å². The third kappa shape index (κ3) is 2.96. The molecule has 2 rings (SSSR count). The van der Waals surface area contributed by atoms with Crippen molar-refractivity contribution in [3.05, 3.63) is 33.6 Å². The lowest BCUT2D eigenvalue weighted by atomic mass is 10.4. The molecule has 18 heavy (non-hydrogen) atoms. The van der Waals surface area contributed by atoms with Gasteiger partial charge in [0, 0.05) is 18.1 Å². The van der Waals surface area contributed by atoms with Gasteiger partial charge in [0.15, 0.2) is 0 Å². The molecule has 0 aliphatic rings. The molecule has 5 nitrogen and oxygen atoms in total. The van der Waals surface area contributed by atoms with Gasteiger partial charge in [0.05, 0.1) is 6.04 Å². The number of sulfonamides is 1. The molecule has 0 bridgehead atoms. The Hall–Kier alpha value is -0.800. The zero-order valence-corrected chi connectivity index (χ0v) is 12.1. The highest BCUT2D eigenvalue weighted by Gasteiger charge is 2.21. The molecule has 1 unspecified atom stereocenters. The van der Waals surface area contributed by atoms with Gasteiger partial charge in [-0.05, 0) is 23.9 Å². The van der Waals surface area contributed by atoms with Crippen LogP contribution >= 0.6 is 22.7 Å². The van der Waals surface area contributed by atoms with Crippen LogP contribution in [-0.4, -0.2) is 13.4 Å². The van der Waals surface area contributed by atoms with Gasteiger partial charge in [-0.3, -0.25) is 0 Å². The lowest BCUT2D eigenvalue weighted by Gasteiger charge is -2.10. The van der Waals surface area contributed by atoms with Gasteiger partial charge >= 0.3 is 0 Å². The number of aromatic nitrogens is 1. The first-order chi connectivity index (χ1) is 8.53. The van der Waals surface area contributed by atoms with Gasteiger partial charge in [-0.15, -0.1) is 22.7 Å². The molecule has 3 N–H and O–H groups in total. The van der Waals surface area contributed by atoms with E-state index in [2.05, 4.69) is 9.71 Å². The number of rotatable bonds is 5. The van der Waals surface area contributed by atoms with E-state index in [9.17, 15) is 8.42 Å². The van der Waals surface area contributed by atoms with Crippen LogP contribution in [0.3, 0.4) is 0 Å². The van der Waals surface area contributed by atoms with Gasteiger partial charge in [-0.25, -0.2) is 18.1 Å². The molecule has 8 heteroatoms. The summed E-state index contributed by atoms with van der Waals surface area (Å²) in [5.74, 6) is 0. The van der Waals surface area contributed by atoms with Crippen LogP contribution in [0.25, 0.3) is 0 Å². The average Bonchev–Trinajstić information content (AvgIpc) is 3.00. The minimum Gasteiger partial charge on any atom is -0.326 e. The minimum atomic E-state index is -3.50. The standard InChI is InChI=1S/C10H13N3O2S3/c1-7(10-12-2-3-16-10)13-18(14,15)9-4-8(5-11)6-17-9/h2-4,6-7,13H,5,11H2,1H3. The molecule has 0 amide bonds. The third-order valence-corrected chi connectivity index (χ3v) is 6.27. The van der Waals surface area contributed by atoms with E-state index in [0.717, 1.165) is 10.6 Å². The van der Waals surface area contributed by atoms with E-state index in [1.165, 1.54) is 22.7 Å². The van der Waals surface area contributed by atoms with Gasteiger partial charge in [-0.1, -0.05) is 0 Å². The van der Waals surface area contributed by atoms with E-state index >= 15 is 0 Å². The molecule has 0 radical (unpaired) electrons. The summed E-state index contributed by atoms with van der Waals surface area (Å²) < 4.78 is 27.1. The summed E-state index contributed by atoms with van der Waals surface area (Å²) in [5.41, 5.74) is 6.29. The maximum absolute atomic E-state index is 12.1. The van der Waals surface area contributed by atoms with Crippen LogP contribution in [0.2, 0.25) is 0 Å². The Balaban J connectivity index is 2.17. The van der Waals surface area contributed by atoms with Crippen molar-refractivity contribution in [2.24, 2.45) is 5.73 Å². The van der Waals surface area contributed by atoms with Crippen molar-refractivity contribution in [3.8, 4) is 0 Å². The number of hydrogen-bond acceptors (Lipinski definition) is 6. The number of nitrogens with one attached hydrogen (secondary N) is 1. The SMILES string of the molecule is CC(NS(=O)(=O)c1cc(CN)cs1)c1nccs1. The average molecular weight is 303 g/mol. The fourth-order valence-electron chi connectivity index (χ4n) is 1.39. The molecule has 0 saturated carbocycles. The molecular formula is C10H13N3O2S3. The quantitative estimate of drug-likeness (QED) is 0.880. The van der Waals surface area contributed by atoms with Crippen LogP contribution in [0, 0.1) is 0 Å². The first-order valence-corrected chi connectivity index (χ1v) is 8.46. The van der Waals surface area contributed by atoms with Crippen molar-refractivity contribution < 1.29 is 8.42 Å². The predicted molar refractivity (Wildman–Crippen MR) is 73.1 cm³/mol. The van der Waals surface area contributed by atoms with Crippen molar-refractivity contribution >= 4 is 32.7 Å². The zero-order valence-electron chi connectivity index (χ0n) is 9.66. The van der Waals surface area contributed by atoms with Gasteiger partial charge in [0.1, 0.15) is 9.22 Å². The smallest absolute Gasteiger partial charge is 0.250 e. The molecule has 0 saturated heterocycles. The molecule has 0 fully saturated rings. The second-order valence-corrected chi connectivity index (χ2v) is 7.47.